The summed E-state index contributed by atoms with van der Waals surface area (Å²) in [5.41, 5.74) is 3.37. The number of hydrogen-bond acceptors (Lipinski definition) is 4. The Morgan fingerprint density at radius 1 is 0.967 bits per heavy atom. The van der Waals surface area contributed by atoms with E-state index in [1.807, 2.05) is 43.3 Å². The van der Waals surface area contributed by atoms with Gasteiger partial charge in [0, 0.05) is 21.9 Å². The summed E-state index contributed by atoms with van der Waals surface area (Å²) in [5.74, 6) is -0.518. The van der Waals surface area contributed by atoms with Crippen molar-refractivity contribution in [2.45, 2.75) is 13.5 Å². The fraction of sp³-hybridized carbons (Fsp3) is 0.0870. The minimum absolute atomic E-state index is 0.141. The smallest absolute Gasteiger partial charge is 0.270 e. The highest BCUT2D eigenvalue weighted by atomic mass is 79.9. The summed E-state index contributed by atoms with van der Waals surface area (Å²) in [5, 5.41) is 2.94. The molecule has 1 N–H and O–H groups in total. The first-order valence-electron chi connectivity index (χ1n) is 9.30. The van der Waals surface area contributed by atoms with Crippen molar-refractivity contribution in [3.8, 4) is 0 Å². The fourth-order valence-electron chi connectivity index (χ4n) is 3.25. The standard InChI is InChI=1S/C23H19BrN2O3S/c1-16-6-8-17(9-7-16)15-26-21-5-3-2-4-20(21)23(27)22(30(26,28)29)14-25-19-12-10-18(24)11-13-19/h2-14,25H,15H2,1H3/b22-14+. The molecule has 3 aromatic rings. The molecule has 1 heterocycles. The van der Waals surface area contributed by atoms with Gasteiger partial charge in [-0.3, -0.25) is 9.10 Å². The molecule has 0 unspecified atom stereocenters. The van der Waals surface area contributed by atoms with Gasteiger partial charge in [-0.2, -0.15) is 0 Å². The van der Waals surface area contributed by atoms with Crippen molar-refractivity contribution < 1.29 is 13.2 Å². The molecule has 0 spiro atoms. The van der Waals surface area contributed by atoms with Gasteiger partial charge < -0.3 is 5.32 Å². The molecule has 0 saturated heterocycles. The largest absolute Gasteiger partial charge is 0.360 e. The number of halogens is 1. The Hall–Kier alpha value is -2.90. The van der Waals surface area contributed by atoms with Gasteiger partial charge in [-0.25, -0.2) is 8.42 Å². The number of hydrogen-bond donors (Lipinski definition) is 1. The van der Waals surface area contributed by atoms with Crippen molar-refractivity contribution in [1.29, 1.82) is 0 Å². The average Bonchev–Trinajstić information content (AvgIpc) is 2.73. The Kier molecular flexibility index (Phi) is 5.49. The Labute approximate surface area is 184 Å². The molecule has 0 atom stereocenters. The lowest BCUT2D eigenvalue weighted by Crippen LogP contribution is -2.39. The van der Waals surface area contributed by atoms with Gasteiger partial charge >= 0.3 is 0 Å². The number of benzene rings is 3. The van der Waals surface area contributed by atoms with Crippen LogP contribution in [0.4, 0.5) is 11.4 Å². The van der Waals surface area contributed by atoms with Crippen LogP contribution in [0.15, 0.2) is 88.4 Å². The van der Waals surface area contributed by atoms with Crippen LogP contribution in [-0.2, 0) is 16.6 Å². The summed E-state index contributed by atoms with van der Waals surface area (Å²) >= 11 is 3.36. The van der Waals surface area contributed by atoms with Gasteiger partial charge in [0.05, 0.1) is 12.2 Å². The van der Waals surface area contributed by atoms with E-state index >= 15 is 0 Å². The molecule has 0 amide bonds. The van der Waals surface area contributed by atoms with E-state index in [2.05, 4.69) is 21.2 Å². The number of sulfonamides is 1. The minimum atomic E-state index is -4.04. The molecule has 1 aliphatic rings. The molecule has 30 heavy (non-hydrogen) atoms. The van der Waals surface area contributed by atoms with Gasteiger partial charge in [-0.05, 0) is 48.9 Å². The number of Topliss-reactive ketones (excluding diaryl/α,β-unsaturated/α-hetero) is 1. The number of allylic oxidation sites excluding steroid dienone is 1. The molecule has 152 valence electrons. The average molecular weight is 483 g/mol. The first-order valence-corrected chi connectivity index (χ1v) is 11.5. The van der Waals surface area contributed by atoms with Crippen molar-refractivity contribution in [1.82, 2.24) is 0 Å². The lowest BCUT2D eigenvalue weighted by Gasteiger charge is -2.31. The van der Waals surface area contributed by atoms with Gasteiger partial charge in [-0.15, -0.1) is 0 Å². The number of carbonyl (C=O) groups excluding carboxylic acids is 1. The highest BCUT2D eigenvalue weighted by molar-refractivity contribution is 9.10. The molecule has 0 radical (unpaired) electrons. The zero-order chi connectivity index (χ0) is 21.3. The van der Waals surface area contributed by atoms with E-state index in [1.54, 1.807) is 36.4 Å². The van der Waals surface area contributed by atoms with Crippen molar-refractivity contribution in [3.05, 3.63) is 105 Å². The molecule has 4 rings (SSSR count). The second-order valence-electron chi connectivity index (χ2n) is 7.00. The summed E-state index contributed by atoms with van der Waals surface area (Å²) in [7, 11) is -4.04. The SMILES string of the molecule is Cc1ccc(CN2c3ccccc3C(=O)/C(=C\Nc3ccc(Br)cc3)S2(=O)=O)cc1. The number of carbonyl (C=O) groups is 1. The lowest BCUT2D eigenvalue weighted by molar-refractivity contribution is 0.104. The predicted octanol–water partition coefficient (Wildman–Crippen LogP) is 5.24. The highest BCUT2D eigenvalue weighted by Gasteiger charge is 2.39. The van der Waals surface area contributed by atoms with Gasteiger partial charge in [0.15, 0.2) is 4.91 Å². The number of nitrogens with one attached hydrogen (secondary N) is 1. The maximum absolute atomic E-state index is 13.4. The molecular weight excluding hydrogens is 464 g/mol. The zero-order valence-electron chi connectivity index (χ0n) is 16.2. The van der Waals surface area contributed by atoms with E-state index in [-0.39, 0.29) is 11.4 Å². The van der Waals surface area contributed by atoms with Crippen LogP contribution in [0.3, 0.4) is 0 Å². The van der Waals surface area contributed by atoms with Gasteiger partial charge in [0.1, 0.15) is 0 Å². The van der Waals surface area contributed by atoms with Gasteiger partial charge in [-0.1, -0.05) is 57.9 Å². The van der Waals surface area contributed by atoms with Crippen molar-refractivity contribution >= 4 is 43.1 Å². The monoisotopic (exact) mass is 482 g/mol. The third kappa shape index (κ3) is 3.91. The molecule has 3 aromatic carbocycles. The summed E-state index contributed by atoms with van der Waals surface area (Å²) in [4.78, 5) is 12.7. The van der Waals surface area contributed by atoms with Crippen molar-refractivity contribution in [2.24, 2.45) is 0 Å². The summed E-state index contributed by atoms with van der Waals surface area (Å²) in [6.07, 6.45) is 1.28. The molecule has 5 nitrogen and oxygen atoms in total. The highest BCUT2D eigenvalue weighted by Crippen LogP contribution is 2.36. The summed E-state index contributed by atoms with van der Waals surface area (Å²) < 4.78 is 29.0. The Morgan fingerprint density at radius 3 is 2.33 bits per heavy atom. The third-order valence-corrected chi connectivity index (χ3v) is 7.16. The summed E-state index contributed by atoms with van der Waals surface area (Å²) in [6.45, 7) is 2.12. The molecular formula is C23H19BrN2O3S. The maximum Gasteiger partial charge on any atom is 0.270 e. The van der Waals surface area contributed by atoms with Crippen LogP contribution in [0.2, 0.25) is 0 Å². The molecule has 0 aromatic heterocycles. The van der Waals surface area contributed by atoms with Crippen LogP contribution >= 0.6 is 15.9 Å². The molecule has 0 aliphatic carbocycles. The zero-order valence-corrected chi connectivity index (χ0v) is 18.6. The molecule has 0 saturated carbocycles. The van der Waals surface area contributed by atoms with Crippen LogP contribution in [-0.4, -0.2) is 14.2 Å². The van der Waals surface area contributed by atoms with E-state index in [0.717, 1.165) is 15.6 Å². The normalized spacial score (nSPS) is 16.4. The fourth-order valence-corrected chi connectivity index (χ4v) is 5.04. The van der Waals surface area contributed by atoms with Crippen LogP contribution in [0.25, 0.3) is 0 Å². The first kappa shape index (κ1) is 20.4. The van der Waals surface area contributed by atoms with Crippen LogP contribution in [0.5, 0.6) is 0 Å². The van der Waals surface area contributed by atoms with E-state index < -0.39 is 15.8 Å². The Balaban J connectivity index is 1.76. The number of aryl methyl sites for hydroxylation is 1. The van der Waals surface area contributed by atoms with E-state index in [0.29, 0.717) is 16.9 Å². The van der Waals surface area contributed by atoms with Crippen LogP contribution in [0.1, 0.15) is 21.5 Å². The quantitative estimate of drug-likeness (QED) is 0.516. The van der Waals surface area contributed by atoms with Crippen LogP contribution < -0.4 is 9.62 Å². The number of fused-ring (bicyclic) bond motifs is 1. The van der Waals surface area contributed by atoms with Gasteiger partial charge in [0.25, 0.3) is 10.0 Å². The van der Waals surface area contributed by atoms with Gasteiger partial charge in [0.2, 0.25) is 5.78 Å². The van der Waals surface area contributed by atoms with E-state index in [4.69, 9.17) is 0 Å². The number of anilines is 2. The molecule has 0 fully saturated rings. The van der Waals surface area contributed by atoms with Crippen molar-refractivity contribution in [3.63, 3.8) is 0 Å². The number of ketones is 1. The first-order chi connectivity index (χ1) is 14.4. The molecule has 0 bridgehead atoms. The number of nitrogens with zero attached hydrogens (tertiary/aromatic N) is 1. The van der Waals surface area contributed by atoms with Crippen LogP contribution in [0, 0.1) is 6.92 Å². The van der Waals surface area contributed by atoms with E-state index in [9.17, 15) is 13.2 Å². The summed E-state index contributed by atoms with van der Waals surface area (Å²) in [6, 6.07) is 21.7. The van der Waals surface area contributed by atoms with E-state index in [1.165, 1.54) is 10.5 Å². The minimum Gasteiger partial charge on any atom is -0.360 e. The number of rotatable bonds is 4. The van der Waals surface area contributed by atoms with Crippen molar-refractivity contribution in [2.75, 3.05) is 9.62 Å². The maximum atomic E-state index is 13.4. The Morgan fingerprint density at radius 2 is 1.63 bits per heavy atom. The number of para-hydroxylation sites is 1. The molecule has 7 heteroatoms. The predicted molar refractivity (Wildman–Crippen MR) is 123 cm³/mol. The molecule has 1 aliphatic heterocycles. The lowest BCUT2D eigenvalue weighted by atomic mass is 10.1. The second-order valence-corrected chi connectivity index (χ2v) is 9.75. The topological polar surface area (TPSA) is 66.5 Å². The second kappa shape index (κ2) is 8.08. The third-order valence-electron chi connectivity index (χ3n) is 4.87. The Bertz CT molecular complexity index is 1230.